The maximum Gasteiger partial charge on any atom is 0.0905 e. The summed E-state index contributed by atoms with van der Waals surface area (Å²) in [4.78, 5) is 0. The van der Waals surface area contributed by atoms with E-state index in [0.29, 0.717) is 17.4 Å². The first-order chi connectivity index (χ1) is 9.05. The molecule has 0 aromatic carbocycles. The van der Waals surface area contributed by atoms with Crippen LogP contribution in [0.4, 0.5) is 0 Å². The molecule has 19 heavy (non-hydrogen) atoms. The van der Waals surface area contributed by atoms with E-state index >= 15 is 0 Å². The van der Waals surface area contributed by atoms with Crippen LogP contribution in [0.3, 0.4) is 0 Å². The van der Waals surface area contributed by atoms with Crippen molar-refractivity contribution in [3.63, 3.8) is 0 Å². The minimum Gasteiger partial charge on any atom is -0.385 e. The topological polar surface area (TPSA) is 29.5 Å². The summed E-state index contributed by atoms with van der Waals surface area (Å²) in [5.74, 6) is 0.438. The number of aliphatic hydroxyl groups is 1. The van der Waals surface area contributed by atoms with Crippen molar-refractivity contribution in [2.75, 3.05) is 7.11 Å². The first kappa shape index (κ1) is 14.8. The summed E-state index contributed by atoms with van der Waals surface area (Å²) in [6.45, 7) is 4.53. The van der Waals surface area contributed by atoms with Gasteiger partial charge in [0.15, 0.2) is 0 Å². The number of ether oxygens (including phenoxy) is 1. The van der Waals surface area contributed by atoms with Gasteiger partial charge >= 0.3 is 0 Å². The van der Waals surface area contributed by atoms with E-state index in [1.807, 2.05) is 19.3 Å². The van der Waals surface area contributed by atoms with Crippen LogP contribution in [0.25, 0.3) is 0 Å². The number of fused-ring (bicyclic) bond motifs is 1. The standard InChI is InChI=1S/C17H28O2/c1-13-6-4-10-17(2)11-5-7-16(19-3)15(17)9-8-14(18)12-13/h8-9,12,14-16,18H,4-7,10-11H2,1-3H3/b9-8+,13-12-/t14?,15-,16-,17+/m0/s1. The Morgan fingerprint density at radius 1 is 1.26 bits per heavy atom. The van der Waals surface area contributed by atoms with Crippen LogP contribution in [-0.2, 0) is 4.74 Å². The van der Waals surface area contributed by atoms with Gasteiger partial charge in [-0.15, -0.1) is 0 Å². The van der Waals surface area contributed by atoms with E-state index in [9.17, 15) is 5.11 Å². The molecule has 1 unspecified atom stereocenters. The first-order valence-electron chi connectivity index (χ1n) is 7.62. The quantitative estimate of drug-likeness (QED) is 0.729. The SMILES string of the molecule is CO[C@H]1CCC[C@@]2(C)CCC/C(C)=C\C(O)/C=C/[C@@H]12. The van der Waals surface area contributed by atoms with E-state index in [1.54, 1.807) is 0 Å². The fraction of sp³-hybridized carbons (Fsp3) is 0.765. The molecule has 0 aromatic heterocycles. The molecule has 108 valence electrons. The van der Waals surface area contributed by atoms with Crippen LogP contribution in [0.1, 0.15) is 52.4 Å². The molecule has 0 amide bonds. The number of methoxy groups -OCH3 is 1. The Balaban J connectivity index is 2.26. The highest BCUT2D eigenvalue weighted by molar-refractivity contribution is 5.13. The van der Waals surface area contributed by atoms with Gasteiger partial charge in [0, 0.05) is 13.0 Å². The second-order valence-electron chi connectivity index (χ2n) is 6.59. The number of hydrogen-bond donors (Lipinski definition) is 1. The van der Waals surface area contributed by atoms with E-state index in [2.05, 4.69) is 19.9 Å². The van der Waals surface area contributed by atoms with Crippen LogP contribution in [-0.4, -0.2) is 24.4 Å². The highest BCUT2D eigenvalue weighted by Crippen LogP contribution is 2.46. The molecule has 0 radical (unpaired) electrons. The highest BCUT2D eigenvalue weighted by Gasteiger charge is 2.40. The third kappa shape index (κ3) is 3.49. The fourth-order valence-corrected chi connectivity index (χ4v) is 3.85. The Labute approximate surface area is 117 Å². The summed E-state index contributed by atoms with van der Waals surface area (Å²) in [6, 6.07) is 0. The Hall–Kier alpha value is -0.600. The molecule has 0 saturated heterocycles. The van der Waals surface area contributed by atoms with Crippen molar-refractivity contribution in [1.29, 1.82) is 0 Å². The zero-order valence-electron chi connectivity index (χ0n) is 12.6. The van der Waals surface area contributed by atoms with Gasteiger partial charge in [0.1, 0.15) is 0 Å². The smallest absolute Gasteiger partial charge is 0.0905 e. The van der Waals surface area contributed by atoms with Crippen molar-refractivity contribution in [2.24, 2.45) is 11.3 Å². The van der Waals surface area contributed by atoms with Gasteiger partial charge in [0.2, 0.25) is 0 Å². The van der Waals surface area contributed by atoms with Gasteiger partial charge < -0.3 is 9.84 Å². The van der Waals surface area contributed by atoms with E-state index in [0.717, 1.165) is 12.8 Å². The van der Waals surface area contributed by atoms with Gasteiger partial charge in [-0.1, -0.05) is 37.1 Å². The van der Waals surface area contributed by atoms with Gasteiger partial charge in [0.25, 0.3) is 0 Å². The van der Waals surface area contributed by atoms with Crippen molar-refractivity contribution in [1.82, 2.24) is 0 Å². The Morgan fingerprint density at radius 2 is 2.00 bits per heavy atom. The van der Waals surface area contributed by atoms with Crippen LogP contribution >= 0.6 is 0 Å². The van der Waals surface area contributed by atoms with Crippen LogP contribution in [0.5, 0.6) is 0 Å². The summed E-state index contributed by atoms with van der Waals surface area (Å²) >= 11 is 0. The average molecular weight is 264 g/mol. The summed E-state index contributed by atoms with van der Waals surface area (Å²) in [5, 5.41) is 10.0. The molecule has 1 saturated carbocycles. The number of hydrogen-bond acceptors (Lipinski definition) is 2. The van der Waals surface area contributed by atoms with Crippen molar-refractivity contribution < 1.29 is 9.84 Å². The lowest BCUT2D eigenvalue weighted by atomic mass is 9.63. The van der Waals surface area contributed by atoms with Crippen molar-refractivity contribution in [3.05, 3.63) is 23.8 Å². The molecule has 0 spiro atoms. The van der Waals surface area contributed by atoms with Gasteiger partial charge in [-0.05, 0) is 44.4 Å². The maximum atomic E-state index is 10.0. The minimum atomic E-state index is -0.443. The molecule has 2 rings (SSSR count). The molecular weight excluding hydrogens is 236 g/mol. The maximum absolute atomic E-state index is 10.0. The van der Waals surface area contributed by atoms with Crippen molar-refractivity contribution in [3.8, 4) is 0 Å². The van der Waals surface area contributed by atoms with E-state index in [1.165, 1.54) is 31.3 Å². The lowest BCUT2D eigenvalue weighted by molar-refractivity contribution is -0.0265. The molecule has 4 atom stereocenters. The Kier molecular flexibility index (Phi) is 4.86. The third-order valence-electron chi connectivity index (χ3n) is 5.03. The highest BCUT2D eigenvalue weighted by atomic mass is 16.5. The third-order valence-corrected chi connectivity index (χ3v) is 5.03. The van der Waals surface area contributed by atoms with E-state index < -0.39 is 6.10 Å². The molecule has 0 aliphatic heterocycles. The summed E-state index contributed by atoms with van der Waals surface area (Å²) in [6.07, 6.45) is 13.3. The van der Waals surface area contributed by atoms with Crippen molar-refractivity contribution >= 4 is 0 Å². The summed E-state index contributed by atoms with van der Waals surface area (Å²) in [7, 11) is 1.82. The van der Waals surface area contributed by atoms with Crippen LogP contribution in [0, 0.1) is 11.3 Å². The zero-order valence-corrected chi connectivity index (χ0v) is 12.6. The minimum absolute atomic E-state index is 0.312. The monoisotopic (exact) mass is 264 g/mol. The molecule has 2 aliphatic rings. The Bertz CT molecular complexity index is 358. The zero-order chi connectivity index (χ0) is 13.9. The largest absolute Gasteiger partial charge is 0.385 e. The normalized spacial score (nSPS) is 44.8. The molecule has 0 aromatic rings. The lowest BCUT2D eigenvalue weighted by Crippen LogP contribution is -2.40. The predicted octanol–water partition coefficient (Wildman–Crippen LogP) is 3.86. The second-order valence-corrected chi connectivity index (χ2v) is 6.59. The van der Waals surface area contributed by atoms with Crippen molar-refractivity contribution in [2.45, 2.75) is 64.6 Å². The van der Waals surface area contributed by atoms with Crippen LogP contribution in [0.15, 0.2) is 23.8 Å². The summed E-state index contributed by atoms with van der Waals surface area (Å²) in [5.41, 5.74) is 1.63. The molecule has 2 aliphatic carbocycles. The molecule has 0 heterocycles. The summed E-state index contributed by atoms with van der Waals surface area (Å²) < 4.78 is 5.70. The first-order valence-corrected chi connectivity index (χ1v) is 7.62. The van der Waals surface area contributed by atoms with Crippen LogP contribution in [0.2, 0.25) is 0 Å². The van der Waals surface area contributed by atoms with Gasteiger partial charge in [-0.2, -0.15) is 0 Å². The van der Waals surface area contributed by atoms with Gasteiger partial charge in [-0.3, -0.25) is 0 Å². The number of allylic oxidation sites excluding steroid dienone is 1. The molecule has 2 nitrogen and oxygen atoms in total. The molecule has 1 N–H and O–H groups in total. The molecule has 2 heteroatoms. The lowest BCUT2D eigenvalue weighted by Gasteiger charge is -2.45. The predicted molar refractivity (Wildman–Crippen MR) is 79.0 cm³/mol. The number of aliphatic hydroxyl groups excluding tert-OH is 1. The molecular formula is C17H28O2. The van der Waals surface area contributed by atoms with E-state index in [4.69, 9.17) is 4.74 Å². The fourth-order valence-electron chi connectivity index (χ4n) is 3.85. The van der Waals surface area contributed by atoms with E-state index in [-0.39, 0.29) is 0 Å². The average Bonchev–Trinajstić information content (AvgIpc) is 2.36. The number of rotatable bonds is 1. The second kappa shape index (κ2) is 6.23. The van der Waals surface area contributed by atoms with Crippen LogP contribution < -0.4 is 0 Å². The van der Waals surface area contributed by atoms with Gasteiger partial charge in [-0.25, -0.2) is 0 Å². The molecule has 0 bridgehead atoms. The molecule has 1 fully saturated rings. The van der Waals surface area contributed by atoms with Gasteiger partial charge in [0.05, 0.1) is 12.2 Å². The Morgan fingerprint density at radius 3 is 2.74 bits per heavy atom.